The van der Waals surface area contributed by atoms with E-state index in [1.807, 2.05) is 43.3 Å². The van der Waals surface area contributed by atoms with Crippen molar-refractivity contribution in [1.29, 1.82) is 0 Å². The Morgan fingerprint density at radius 3 is 2.79 bits per heavy atom. The molecule has 0 unspecified atom stereocenters. The molecule has 0 bridgehead atoms. The molecule has 0 aliphatic carbocycles. The number of rotatable bonds is 2. The highest BCUT2D eigenvalue weighted by Crippen LogP contribution is 2.33. The lowest BCUT2D eigenvalue weighted by Gasteiger charge is -2.02. The van der Waals surface area contributed by atoms with Gasteiger partial charge in [0, 0.05) is 9.13 Å². The quantitative estimate of drug-likeness (QED) is 0.412. The van der Waals surface area contributed by atoms with Crippen LogP contribution >= 0.6 is 22.6 Å². The number of hydrogen-bond acceptors (Lipinski definition) is 5. The fourth-order valence-electron chi connectivity index (χ4n) is 2.42. The van der Waals surface area contributed by atoms with Crippen LogP contribution in [0, 0.1) is 10.5 Å². The smallest absolute Gasteiger partial charge is 0.363 e. The second-order valence-electron chi connectivity index (χ2n) is 5.41. The van der Waals surface area contributed by atoms with Gasteiger partial charge in [0.2, 0.25) is 12.7 Å². The molecule has 4 rings (SSSR count). The highest BCUT2D eigenvalue weighted by atomic mass is 127. The van der Waals surface area contributed by atoms with E-state index in [-0.39, 0.29) is 12.5 Å². The summed E-state index contributed by atoms with van der Waals surface area (Å²) in [6.45, 7) is 2.24. The van der Waals surface area contributed by atoms with Crippen LogP contribution in [0.4, 0.5) is 0 Å². The zero-order valence-corrected chi connectivity index (χ0v) is 14.9. The Hall–Kier alpha value is -2.35. The fraction of sp³-hybridized carbons (Fsp3) is 0.111. The largest absolute Gasteiger partial charge is 0.454 e. The monoisotopic (exact) mass is 433 g/mol. The maximum Gasteiger partial charge on any atom is 0.363 e. The van der Waals surface area contributed by atoms with Crippen molar-refractivity contribution in [2.24, 2.45) is 4.99 Å². The first-order chi connectivity index (χ1) is 11.6. The third-order valence-electron chi connectivity index (χ3n) is 3.74. The first-order valence-corrected chi connectivity index (χ1v) is 8.37. The van der Waals surface area contributed by atoms with Gasteiger partial charge < -0.3 is 14.2 Å². The van der Waals surface area contributed by atoms with Crippen molar-refractivity contribution >= 4 is 40.5 Å². The van der Waals surface area contributed by atoms with Crippen LogP contribution in [0.15, 0.2) is 47.1 Å². The van der Waals surface area contributed by atoms with Gasteiger partial charge >= 0.3 is 5.97 Å². The van der Waals surface area contributed by atoms with Crippen LogP contribution in [-0.4, -0.2) is 18.7 Å². The third kappa shape index (κ3) is 2.77. The molecule has 0 N–H and O–H groups in total. The molecule has 2 aliphatic rings. The van der Waals surface area contributed by atoms with E-state index < -0.39 is 5.97 Å². The van der Waals surface area contributed by atoms with Gasteiger partial charge in [0.1, 0.15) is 0 Å². The number of ether oxygens (including phenoxy) is 3. The first-order valence-electron chi connectivity index (χ1n) is 7.29. The van der Waals surface area contributed by atoms with Gasteiger partial charge in [0.15, 0.2) is 17.2 Å². The number of carbonyl (C=O) groups excluding carboxylic acids is 1. The Kier molecular flexibility index (Phi) is 3.76. The Balaban J connectivity index is 1.67. The number of fused-ring (bicyclic) bond motifs is 1. The van der Waals surface area contributed by atoms with E-state index in [9.17, 15) is 4.79 Å². The summed E-state index contributed by atoms with van der Waals surface area (Å²) in [6.07, 6.45) is 1.68. The van der Waals surface area contributed by atoms with Gasteiger partial charge in [-0.05, 0) is 71.0 Å². The number of esters is 1. The molecule has 0 radical (unpaired) electrons. The van der Waals surface area contributed by atoms with E-state index in [0.717, 1.165) is 14.7 Å². The van der Waals surface area contributed by atoms with Crippen LogP contribution in [0.5, 0.6) is 11.5 Å². The molecule has 5 nitrogen and oxygen atoms in total. The molecule has 2 aliphatic heterocycles. The average Bonchev–Trinajstić information content (AvgIpc) is 3.17. The van der Waals surface area contributed by atoms with Crippen LogP contribution in [0.2, 0.25) is 0 Å². The highest BCUT2D eigenvalue weighted by molar-refractivity contribution is 14.1. The zero-order chi connectivity index (χ0) is 16.7. The summed E-state index contributed by atoms with van der Waals surface area (Å²) in [7, 11) is 0. The summed E-state index contributed by atoms with van der Waals surface area (Å²) in [6, 6.07) is 11.3. The molecule has 0 atom stereocenters. The van der Waals surface area contributed by atoms with Crippen molar-refractivity contribution in [3.8, 4) is 11.5 Å². The molecule has 0 fully saturated rings. The second-order valence-corrected chi connectivity index (χ2v) is 6.57. The Morgan fingerprint density at radius 2 is 1.96 bits per heavy atom. The molecule has 24 heavy (non-hydrogen) atoms. The molecule has 120 valence electrons. The summed E-state index contributed by atoms with van der Waals surface area (Å²) >= 11 is 2.25. The van der Waals surface area contributed by atoms with Crippen LogP contribution in [0.1, 0.15) is 16.7 Å². The number of aryl methyl sites for hydroxylation is 1. The fourth-order valence-corrected chi connectivity index (χ4v) is 2.93. The number of cyclic esters (lactones) is 1. The predicted molar refractivity (Wildman–Crippen MR) is 97.1 cm³/mol. The van der Waals surface area contributed by atoms with E-state index in [1.165, 1.54) is 5.56 Å². The van der Waals surface area contributed by atoms with E-state index >= 15 is 0 Å². The Morgan fingerprint density at radius 1 is 1.12 bits per heavy atom. The minimum absolute atomic E-state index is 0.214. The van der Waals surface area contributed by atoms with Gasteiger partial charge in [0.25, 0.3) is 0 Å². The zero-order valence-electron chi connectivity index (χ0n) is 12.7. The minimum atomic E-state index is -0.460. The van der Waals surface area contributed by atoms with Crippen molar-refractivity contribution in [2.75, 3.05) is 6.79 Å². The number of nitrogens with zero attached hydrogens (tertiary/aromatic N) is 1. The number of hydrogen-bond donors (Lipinski definition) is 0. The van der Waals surface area contributed by atoms with Crippen molar-refractivity contribution in [2.45, 2.75) is 6.92 Å². The van der Waals surface area contributed by atoms with E-state index in [1.54, 1.807) is 6.08 Å². The van der Waals surface area contributed by atoms with Crippen LogP contribution in [0.25, 0.3) is 6.08 Å². The molecule has 2 heterocycles. The van der Waals surface area contributed by atoms with Crippen LogP contribution in [0.3, 0.4) is 0 Å². The van der Waals surface area contributed by atoms with Crippen LogP contribution in [-0.2, 0) is 9.53 Å². The highest BCUT2D eigenvalue weighted by Gasteiger charge is 2.24. The summed E-state index contributed by atoms with van der Waals surface area (Å²) < 4.78 is 17.0. The van der Waals surface area contributed by atoms with Gasteiger partial charge in [-0.15, -0.1) is 0 Å². The number of halogens is 1. The molecule has 0 saturated carbocycles. The minimum Gasteiger partial charge on any atom is -0.454 e. The molecular formula is C18H12INO4. The first kappa shape index (κ1) is 15.2. The normalized spacial score (nSPS) is 17.2. The molecule has 0 spiro atoms. The van der Waals surface area contributed by atoms with Gasteiger partial charge in [-0.25, -0.2) is 9.79 Å². The van der Waals surface area contributed by atoms with Gasteiger partial charge in [-0.2, -0.15) is 0 Å². The van der Waals surface area contributed by atoms with Crippen molar-refractivity contribution in [3.63, 3.8) is 0 Å². The lowest BCUT2D eigenvalue weighted by Crippen LogP contribution is -2.05. The van der Waals surface area contributed by atoms with Crippen molar-refractivity contribution in [1.82, 2.24) is 0 Å². The molecule has 6 heteroatoms. The summed E-state index contributed by atoms with van der Waals surface area (Å²) in [5.41, 5.74) is 3.02. The van der Waals surface area contributed by atoms with Gasteiger partial charge in [0.05, 0.1) is 0 Å². The topological polar surface area (TPSA) is 57.1 Å². The maximum absolute atomic E-state index is 12.1. The summed E-state index contributed by atoms with van der Waals surface area (Å²) in [5, 5.41) is 0. The van der Waals surface area contributed by atoms with E-state index in [2.05, 4.69) is 27.6 Å². The lowest BCUT2D eigenvalue weighted by molar-refractivity contribution is -0.129. The van der Waals surface area contributed by atoms with Crippen molar-refractivity contribution in [3.05, 3.63) is 62.4 Å². The second kappa shape index (κ2) is 5.94. The standard InChI is InChI=1S/C18H12INO4/c1-10-2-4-12(8-13(10)19)17-20-14(18(21)24-17)6-11-3-5-15-16(7-11)23-9-22-15/h2-8H,9H2,1H3/b14-6-. The van der Waals surface area contributed by atoms with Crippen molar-refractivity contribution < 1.29 is 19.0 Å². The van der Waals surface area contributed by atoms with E-state index in [4.69, 9.17) is 14.2 Å². The van der Waals surface area contributed by atoms with Gasteiger partial charge in [-0.3, -0.25) is 0 Å². The lowest BCUT2D eigenvalue weighted by atomic mass is 10.1. The SMILES string of the molecule is Cc1ccc(C2=N/C(=C\c3ccc4c(c3)OCO4)C(=O)O2)cc1I. The predicted octanol–water partition coefficient (Wildman–Crippen LogP) is 3.67. The van der Waals surface area contributed by atoms with E-state index in [0.29, 0.717) is 17.4 Å². The Bertz CT molecular complexity index is 917. The third-order valence-corrected chi connectivity index (χ3v) is 4.90. The summed E-state index contributed by atoms with van der Waals surface area (Å²) in [4.78, 5) is 16.4. The molecule has 2 aromatic carbocycles. The van der Waals surface area contributed by atoms with Gasteiger partial charge in [-0.1, -0.05) is 12.1 Å². The molecule has 0 amide bonds. The number of aliphatic imine (C=N–C) groups is 1. The molecule has 0 saturated heterocycles. The maximum atomic E-state index is 12.1. The summed E-state index contributed by atoms with van der Waals surface area (Å²) in [5.74, 6) is 1.22. The Labute approximate surface area is 152 Å². The number of benzene rings is 2. The molecule has 2 aromatic rings. The molecular weight excluding hydrogens is 421 g/mol. The average molecular weight is 433 g/mol. The number of carbonyl (C=O) groups is 1. The van der Waals surface area contributed by atoms with Crippen LogP contribution < -0.4 is 9.47 Å². The molecule has 0 aromatic heterocycles.